The highest BCUT2D eigenvalue weighted by Gasteiger charge is 2.15. The van der Waals surface area contributed by atoms with Crippen molar-refractivity contribution in [3.8, 4) is 0 Å². The molecule has 0 aliphatic carbocycles. The van der Waals surface area contributed by atoms with Crippen molar-refractivity contribution in [2.75, 3.05) is 6.61 Å². The van der Waals surface area contributed by atoms with Crippen molar-refractivity contribution < 1.29 is 15.0 Å². The molecule has 0 aliphatic heterocycles. The maximum Gasteiger partial charge on any atom is 0.306 e. The van der Waals surface area contributed by atoms with E-state index in [1.54, 1.807) is 0 Å². The molecule has 14 heavy (non-hydrogen) atoms. The quantitative estimate of drug-likeness (QED) is 0.594. The molecule has 1 atom stereocenters. The lowest BCUT2D eigenvalue weighted by Crippen LogP contribution is -2.15. The van der Waals surface area contributed by atoms with E-state index in [4.69, 9.17) is 10.2 Å². The van der Waals surface area contributed by atoms with Gasteiger partial charge in [0.1, 0.15) is 0 Å². The summed E-state index contributed by atoms with van der Waals surface area (Å²) in [5.74, 6) is -0.438. The standard InChI is InChI=1S/C11H22O3/c1-9(2)5-3-4-6-10(7-8-12)11(13)14/h9-10,12H,3-8H2,1-2H3,(H,13,14). The van der Waals surface area contributed by atoms with Crippen LogP contribution in [0.15, 0.2) is 0 Å². The predicted molar refractivity (Wildman–Crippen MR) is 56.1 cm³/mol. The third kappa shape index (κ3) is 6.89. The van der Waals surface area contributed by atoms with Gasteiger partial charge in [0, 0.05) is 6.61 Å². The summed E-state index contributed by atoms with van der Waals surface area (Å²) in [6, 6.07) is 0. The van der Waals surface area contributed by atoms with Crippen molar-refractivity contribution in [1.29, 1.82) is 0 Å². The van der Waals surface area contributed by atoms with Crippen LogP contribution in [0.4, 0.5) is 0 Å². The minimum absolute atomic E-state index is 0.0266. The fraction of sp³-hybridized carbons (Fsp3) is 0.909. The van der Waals surface area contributed by atoms with E-state index in [2.05, 4.69) is 13.8 Å². The van der Waals surface area contributed by atoms with Gasteiger partial charge < -0.3 is 10.2 Å². The molecule has 0 saturated heterocycles. The van der Waals surface area contributed by atoms with Crippen molar-refractivity contribution >= 4 is 5.97 Å². The SMILES string of the molecule is CC(C)CCCCC(CCO)C(=O)O. The Hall–Kier alpha value is -0.570. The van der Waals surface area contributed by atoms with Gasteiger partial charge in [-0.2, -0.15) is 0 Å². The first-order valence-electron chi connectivity index (χ1n) is 5.41. The molecule has 0 aliphatic rings. The predicted octanol–water partition coefficient (Wildman–Crippen LogP) is 2.29. The molecular formula is C11H22O3. The summed E-state index contributed by atoms with van der Waals surface area (Å²) in [7, 11) is 0. The number of hydrogen-bond donors (Lipinski definition) is 2. The fourth-order valence-corrected chi connectivity index (χ4v) is 1.49. The first-order valence-corrected chi connectivity index (χ1v) is 5.41. The van der Waals surface area contributed by atoms with Crippen LogP contribution in [0.1, 0.15) is 46.0 Å². The monoisotopic (exact) mass is 202 g/mol. The Kier molecular flexibility index (Phi) is 7.48. The lowest BCUT2D eigenvalue weighted by atomic mass is 9.96. The molecule has 0 amide bonds. The Morgan fingerprint density at radius 3 is 2.14 bits per heavy atom. The third-order valence-electron chi connectivity index (χ3n) is 2.41. The van der Waals surface area contributed by atoms with Crippen LogP contribution in [-0.2, 0) is 4.79 Å². The molecule has 0 saturated carbocycles. The number of rotatable bonds is 8. The average molecular weight is 202 g/mol. The lowest BCUT2D eigenvalue weighted by Gasteiger charge is -2.10. The summed E-state index contributed by atoms with van der Waals surface area (Å²) >= 11 is 0. The molecule has 0 heterocycles. The van der Waals surface area contributed by atoms with E-state index in [1.165, 1.54) is 0 Å². The van der Waals surface area contributed by atoms with E-state index in [0.29, 0.717) is 18.8 Å². The van der Waals surface area contributed by atoms with Gasteiger partial charge in [0.25, 0.3) is 0 Å². The van der Waals surface area contributed by atoms with Gasteiger partial charge in [-0.15, -0.1) is 0 Å². The topological polar surface area (TPSA) is 57.5 Å². The molecule has 3 heteroatoms. The number of carboxylic acid groups (broad SMARTS) is 1. The third-order valence-corrected chi connectivity index (χ3v) is 2.41. The van der Waals surface area contributed by atoms with Gasteiger partial charge in [-0.05, 0) is 18.8 Å². The number of hydrogen-bond acceptors (Lipinski definition) is 2. The minimum Gasteiger partial charge on any atom is -0.481 e. The molecule has 0 fully saturated rings. The molecular weight excluding hydrogens is 180 g/mol. The smallest absolute Gasteiger partial charge is 0.306 e. The lowest BCUT2D eigenvalue weighted by molar-refractivity contribution is -0.142. The van der Waals surface area contributed by atoms with Gasteiger partial charge in [0.2, 0.25) is 0 Å². The van der Waals surface area contributed by atoms with Gasteiger partial charge in [-0.3, -0.25) is 4.79 Å². The second kappa shape index (κ2) is 7.80. The summed E-state index contributed by atoms with van der Waals surface area (Å²) in [5.41, 5.74) is 0. The number of aliphatic hydroxyl groups excluding tert-OH is 1. The highest BCUT2D eigenvalue weighted by atomic mass is 16.4. The van der Waals surface area contributed by atoms with Crippen LogP contribution in [0.5, 0.6) is 0 Å². The molecule has 84 valence electrons. The Morgan fingerprint density at radius 2 is 1.71 bits per heavy atom. The molecule has 3 nitrogen and oxygen atoms in total. The van der Waals surface area contributed by atoms with E-state index >= 15 is 0 Å². The summed E-state index contributed by atoms with van der Waals surface area (Å²) in [5, 5.41) is 17.5. The fourth-order valence-electron chi connectivity index (χ4n) is 1.49. The minimum atomic E-state index is -0.774. The zero-order chi connectivity index (χ0) is 11.0. The zero-order valence-electron chi connectivity index (χ0n) is 9.20. The summed E-state index contributed by atoms with van der Waals surface area (Å²) in [6.45, 7) is 4.31. The second-order valence-electron chi connectivity index (χ2n) is 4.23. The van der Waals surface area contributed by atoms with Gasteiger partial charge in [-0.25, -0.2) is 0 Å². The molecule has 0 aromatic heterocycles. The largest absolute Gasteiger partial charge is 0.481 e. The Morgan fingerprint density at radius 1 is 1.14 bits per heavy atom. The van der Waals surface area contributed by atoms with Gasteiger partial charge in [0.05, 0.1) is 5.92 Å². The average Bonchev–Trinajstić information content (AvgIpc) is 2.09. The second-order valence-corrected chi connectivity index (χ2v) is 4.23. The molecule has 0 aromatic rings. The van der Waals surface area contributed by atoms with Crippen LogP contribution < -0.4 is 0 Å². The molecule has 0 bridgehead atoms. The highest BCUT2D eigenvalue weighted by molar-refractivity contribution is 5.69. The van der Waals surface area contributed by atoms with E-state index in [9.17, 15) is 4.79 Å². The van der Waals surface area contributed by atoms with E-state index < -0.39 is 5.97 Å². The Balaban J connectivity index is 3.56. The van der Waals surface area contributed by atoms with Crippen molar-refractivity contribution in [2.45, 2.75) is 46.0 Å². The van der Waals surface area contributed by atoms with Crippen LogP contribution >= 0.6 is 0 Å². The van der Waals surface area contributed by atoms with Crippen molar-refractivity contribution in [2.24, 2.45) is 11.8 Å². The highest BCUT2D eigenvalue weighted by Crippen LogP contribution is 2.15. The van der Waals surface area contributed by atoms with E-state index in [0.717, 1.165) is 19.3 Å². The normalized spacial score (nSPS) is 13.1. The first-order chi connectivity index (χ1) is 6.57. The molecule has 2 N–H and O–H groups in total. The zero-order valence-corrected chi connectivity index (χ0v) is 9.20. The van der Waals surface area contributed by atoms with Crippen LogP contribution in [0.3, 0.4) is 0 Å². The van der Waals surface area contributed by atoms with Crippen LogP contribution in [0.2, 0.25) is 0 Å². The summed E-state index contributed by atoms with van der Waals surface area (Å²) < 4.78 is 0. The van der Waals surface area contributed by atoms with Crippen LogP contribution in [-0.4, -0.2) is 22.8 Å². The van der Waals surface area contributed by atoms with Crippen molar-refractivity contribution in [3.05, 3.63) is 0 Å². The number of aliphatic carboxylic acids is 1. The first kappa shape index (κ1) is 13.4. The van der Waals surface area contributed by atoms with Crippen LogP contribution in [0, 0.1) is 11.8 Å². The maximum absolute atomic E-state index is 10.7. The van der Waals surface area contributed by atoms with E-state index in [-0.39, 0.29) is 12.5 Å². The molecule has 0 aromatic carbocycles. The molecule has 0 radical (unpaired) electrons. The molecule has 1 unspecified atom stereocenters. The van der Waals surface area contributed by atoms with Gasteiger partial charge in [-0.1, -0.05) is 33.1 Å². The Bertz CT molecular complexity index is 155. The maximum atomic E-state index is 10.7. The molecule has 0 rings (SSSR count). The number of aliphatic hydroxyl groups is 1. The number of unbranched alkanes of at least 4 members (excludes halogenated alkanes) is 1. The Labute approximate surface area is 86.1 Å². The summed E-state index contributed by atoms with van der Waals surface area (Å²) in [6.07, 6.45) is 4.28. The van der Waals surface area contributed by atoms with Gasteiger partial charge in [0.15, 0.2) is 0 Å². The molecule has 0 spiro atoms. The summed E-state index contributed by atoms with van der Waals surface area (Å²) in [4.78, 5) is 10.7. The number of carboxylic acids is 1. The van der Waals surface area contributed by atoms with E-state index in [1.807, 2.05) is 0 Å². The van der Waals surface area contributed by atoms with Crippen LogP contribution in [0.25, 0.3) is 0 Å². The van der Waals surface area contributed by atoms with Gasteiger partial charge >= 0.3 is 5.97 Å². The number of carbonyl (C=O) groups is 1. The van der Waals surface area contributed by atoms with Crippen molar-refractivity contribution in [1.82, 2.24) is 0 Å². The van der Waals surface area contributed by atoms with Crippen molar-refractivity contribution in [3.63, 3.8) is 0 Å².